The minimum absolute atomic E-state index is 0.292. The number of rotatable bonds is 4. The van der Waals surface area contributed by atoms with Gasteiger partial charge in [-0.25, -0.2) is 0 Å². The number of allylic oxidation sites excluding steroid dienone is 1. The second-order valence-electron chi connectivity index (χ2n) is 5.64. The van der Waals surface area contributed by atoms with Gasteiger partial charge >= 0.3 is 0 Å². The minimum Gasteiger partial charge on any atom is -0.271 e. The lowest BCUT2D eigenvalue weighted by atomic mass is 9.91. The fourth-order valence-electron chi connectivity index (χ4n) is 2.90. The van der Waals surface area contributed by atoms with Crippen molar-refractivity contribution in [2.45, 2.75) is 57.9 Å². The van der Waals surface area contributed by atoms with Gasteiger partial charge in [-0.1, -0.05) is 54.3 Å². The molecule has 2 heteroatoms. The first-order chi connectivity index (χ1) is 9.29. The smallest absolute Gasteiger partial charge is 0.0460 e. The maximum atomic E-state index is 5.79. The van der Waals surface area contributed by atoms with Crippen molar-refractivity contribution in [1.82, 2.24) is 5.43 Å². The predicted molar refractivity (Wildman–Crippen MR) is 81.8 cm³/mol. The molecule has 19 heavy (non-hydrogen) atoms. The monoisotopic (exact) mass is 258 g/mol. The molecule has 3 N–H and O–H groups in total. The van der Waals surface area contributed by atoms with Gasteiger partial charge in [0.15, 0.2) is 0 Å². The lowest BCUT2D eigenvalue weighted by Crippen LogP contribution is -2.38. The molecule has 0 heterocycles. The standard InChI is InChI=1S/C17H26N2/c1-14-8-7-9-15(12-14)13-17(19-18)16-10-5-3-2-4-6-11-16/h7-10,12,17,19H,2-6,11,13,18H2,1H3/b16-10+. The summed E-state index contributed by atoms with van der Waals surface area (Å²) in [5.74, 6) is 5.79. The van der Waals surface area contributed by atoms with Crippen LogP contribution in [0.15, 0.2) is 35.9 Å². The maximum Gasteiger partial charge on any atom is 0.0460 e. The molecule has 1 atom stereocenters. The lowest BCUT2D eigenvalue weighted by molar-refractivity contribution is 0.537. The van der Waals surface area contributed by atoms with Gasteiger partial charge in [0.05, 0.1) is 0 Å². The van der Waals surface area contributed by atoms with Crippen molar-refractivity contribution in [1.29, 1.82) is 0 Å². The van der Waals surface area contributed by atoms with Crippen molar-refractivity contribution >= 4 is 0 Å². The third-order valence-corrected chi connectivity index (χ3v) is 4.00. The highest BCUT2D eigenvalue weighted by Crippen LogP contribution is 2.21. The van der Waals surface area contributed by atoms with Crippen LogP contribution in [-0.2, 0) is 6.42 Å². The molecule has 0 aromatic heterocycles. The molecule has 2 rings (SSSR count). The van der Waals surface area contributed by atoms with E-state index in [0.717, 1.165) is 6.42 Å². The zero-order valence-electron chi connectivity index (χ0n) is 12.0. The van der Waals surface area contributed by atoms with E-state index in [1.807, 2.05) is 0 Å². The molecule has 0 radical (unpaired) electrons. The number of nitrogens with one attached hydrogen (secondary N) is 1. The Morgan fingerprint density at radius 3 is 2.84 bits per heavy atom. The summed E-state index contributed by atoms with van der Waals surface area (Å²) >= 11 is 0. The Labute approximate surface area is 117 Å². The molecule has 2 nitrogen and oxygen atoms in total. The number of hydrogen-bond donors (Lipinski definition) is 2. The Bertz CT molecular complexity index is 423. The van der Waals surface area contributed by atoms with Crippen LogP contribution < -0.4 is 11.3 Å². The first-order valence-electron chi connectivity index (χ1n) is 7.50. The summed E-state index contributed by atoms with van der Waals surface area (Å²) in [7, 11) is 0. The summed E-state index contributed by atoms with van der Waals surface area (Å²) in [5, 5.41) is 0. The van der Waals surface area contributed by atoms with Crippen LogP contribution in [0.1, 0.15) is 49.7 Å². The van der Waals surface area contributed by atoms with Gasteiger partial charge in [-0.15, -0.1) is 0 Å². The van der Waals surface area contributed by atoms with Crippen molar-refractivity contribution in [2.75, 3.05) is 0 Å². The van der Waals surface area contributed by atoms with E-state index in [2.05, 4.69) is 42.7 Å². The van der Waals surface area contributed by atoms with Crippen molar-refractivity contribution < 1.29 is 0 Å². The first kappa shape index (κ1) is 14.3. The van der Waals surface area contributed by atoms with Crippen LogP contribution in [0.4, 0.5) is 0 Å². The second-order valence-corrected chi connectivity index (χ2v) is 5.64. The van der Waals surface area contributed by atoms with Crippen LogP contribution in [0.2, 0.25) is 0 Å². The summed E-state index contributed by atoms with van der Waals surface area (Å²) < 4.78 is 0. The predicted octanol–water partition coefficient (Wildman–Crippen LogP) is 3.65. The third kappa shape index (κ3) is 4.48. The van der Waals surface area contributed by atoms with Gasteiger partial charge in [-0.05, 0) is 44.6 Å². The molecular formula is C17H26N2. The molecule has 0 bridgehead atoms. The van der Waals surface area contributed by atoms with Crippen LogP contribution in [-0.4, -0.2) is 6.04 Å². The number of nitrogens with two attached hydrogens (primary N) is 1. The van der Waals surface area contributed by atoms with E-state index in [1.54, 1.807) is 0 Å². The van der Waals surface area contributed by atoms with Gasteiger partial charge in [0.2, 0.25) is 0 Å². The summed E-state index contributed by atoms with van der Waals surface area (Å²) in [6.07, 6.45) is 11.2. The molecule has 0 saturated heterocycles. The highest BCUT2D eigenvalue weighted by Gasteiger charge is 2.14. The summed E-state index contributed by atoms with van der Waals surface area (Å²) in [6.45, 7) is 2.14. The number of aryl methyl sites for hydroxylation is 1. The van der Waals surface area contributed by atoms with E-state index in [-0.39, 0.29) is 0 Å². The van der Waals surface area contributed by atoms with E-state index in [9.17, 15) is 0 Å². The zero-order chi connectivity index (χ0) is 13.5. The molecule has 1 aromatic carbocycles. The van der Waals surface area contributed by atoms with Crippen LogP contribution in [0.3, 0.4) is 0 Å². The Morgan fingerprint density at radius 1 is 1.21 bits per heavy atom. The van der Waals surface area contributed by atoms with Crippen LogP contribution in [0.25, 0.3) is 0 Å². The van der Waals surface area contributed by atoms with Crippen molar-refractivity contribution in [3.05, 3.63) is 47.0 Å². The minimum atomic E-state index is 0.292. The maximum absolute atomic E-state index is 5.79. The molecule has 1 aliphatic carbocycles. The summed E-state index contributed by atoms with van der Waals surface area (Å²) in [6, 6.07) is 9.02. The van der Waals surface area contributed by atoms with Gasteiger partial charge in [0.1, 0.15) is 0 Å². The normalized spacial score (nSPS) is 21.1. The molecule has 0 spiro atoms. The topological polar surface area (TPSA) is 38.0 Å². The lowest BCUT2D eigenvalue weighted by Gasteiger charge is -2.22. The average molecular weight is 258 g/mol. The van der Waals surface area contributed by atoms with Crippen LogP contribution >= 0.6 is 0 Å². The van der Waals surface area contributed by atoms with E-state index in [0.29, 0.717) is 6.04 Å². The molecule has 0 saturated carbocycles. The largest absolute Gasteiger partial charge is 0.271 e. The fourth-order valence-corrected chi connectivity index (χ4v) is 2.90. The van der Waals surface area contributed by atoms with Crippen LogP contribution in [0, 0.1) is 6.92 Å². The third-order valence-electron chi connectivity index (χ3n) is 4.00. The quantitative estimate of drug-likeness (QED) is 0.491. The molecule has 0 amide bonds. The average Bonchev–Trinajstić information content (AvgIpc) is 2.36. The highest BCUT2D eigenvalue weighted by atomic mass is 15.2. The number of hydrogen-bond acceptors (Lipinski definition) is 2. The summed E-state index contributed by atoms with van der Waals surface area (Å²) in [4.78, 5) is 0. The van der Waals surface area contributed by atoms with Gasteiger partial charge in [0.25, 0.3) is 0 Å². The molecular weight excluding hydrogens is 232 g/mol. The molecule has 0 fully saturated rings. The SMILES string of the molecule is Cc1cccc(CC(NN)/C2=C/CCCCCC2)c1. The molecule has 0 aliphatic heterocycles. The Balaban J connectivity index is 2.06. The first-order valence-corrected chi connectivity index (χ1v) is 7.50. The molecule has 1 unspecified atom stereocenters. The number of benzene rings is 1. The molecule has 104 valence electrons. The Morgan fingerprint density at radius 2 is 2.05 bits per heavy atom. The van der Waals surface area contributed by atoms with Gasteiger partial charge < -0.3 is 0 Å². The fraction of sp³-hybridized carbons (Fsp3) is 0.529. The van der Waals surface area contributed by atoms with Crippen molar-refractivity contribution in [3.63, 3.8) is 0 Å². The van der Waals surface area contributed by atoms with Crippen molar-refractivity contribution in [2.24, 2.45) is 5.84 Å². The second kappa shape index (κ2) is 7.46. The highest BCUT2D eigenvalue weighted by molar-refractivity contribution is 5.25. The van der Waals surface area contributed by atoms with E-state index < -0.39 is 0 Å². The summed E-state index contributed by atoms with van der Waals surface area (Å²) in [5.41, 5.74) is 7.21. The molecule has 1 aromatic rings. The van der Waals surface area contributed by atoms with E-state index in [1.165, 1.54) is 55.2 Å². The number of hydrazine groups is 1. The van der Waals surface area contributed by atoms with Gasteiger partial charge in [-0.3, -0.25) is 11.3 Å². The van der Waals surface area contributed by atoms with Crippen LogP contribution in [0.5, 0.6) is 0 Å². The van der Waals surface area contributed by atoms with Gasteiger partial charge in [0, 0.05) is 6.04 Å². The van der Waals surface area contributed by atoms with E-state index in [4.69, 9.17) is 5.84 Å². The van der Waals surface area contributed by atoms with Crippen molar-refractivity contribution in [3.8, 4) is 0 Å². The van der Waals surface area contributed by atoms with E-state index >= 15 is 0 Å². The Kier molecular flexibility index (Phi) is 5.62. The molecule has 1 aliphatic rings. The Hall–Kier alpha value is -1.12. The van der Waals surface area contributed by atoms with Gasteiger partial charge in [-0.2, -0.15) is 0 Å². The zero-order valence-corrected chi connectivity index (χ0v) is 12.0.